The van der Waals surface area contributed by atoms with Crippen LogP contribution in [0.5, 0.6) is 0 Å². The van der Waals surface area contributed by atoms with E-state index in [-0.39, 0.29) is 11.8 Å². The summed E-state index contributed by atoms with van der Waals surface area (Å²) in [6.07, 6.45) is 1.86. The van der Waals surface area contributed by atoms with Crippen molar-refractivity contribution in [1.29, 1.82) is 0 Å². The fourth-order valence-corrected chi connectivity index (χ4v) is 4.42. The first-order chi connectivity index (χ1) is 15.1. The van der Waals surface area contributed by atoms with Crippen LogP contribution in [-0.4, -0.2) is 37.0 Å². The molecule has 1 saturated heterocycles. The second kappa shape index (κ2) is 9.31. The van der Waals surface area contributed by atoms with Gasteiger partial charge in [0.25, 0.3) is 0 Å². The van der Waals surface area contributed by atoms with Gasteiger partial charge in [0.2, 0.25) is 5.91 Å². The molecule has 1 atom stereocenters. The molecule has 1 aliphatic rings. The SMILES string of the molecule is COC(=O)c1cccc(NC(=O)C2CCCN(Cc3cccc4ccccc34)C2)c1C. The minimum absolute atomic E-state index is 0.00716. The number of amides is 1. The van der Waals surface area contributed by atoms with Crippen LogP contribution in [0.4, 0.5) is 5.69 Å². The number of nitrogens with one attached hydrogen (secondary N) is 1. The second-order valence-electron chi connectivity index (χ2n) is 8.17. The van der Waals surface area contributed by atoms with Crippen molar-refractivity contribution in [2.45, 2.75) is 26.3 Å². The molecule has 5 nitrogen and oxygen atoms in total. The quantitative estimate of drug-likeness (QED) is 0.608. The number of fused-ring (bicyclic) bond motifs is 1. The van der Waals surface area contributed by atoms with Gasteiger partial charge >= 0.3 is 5.97 Å². The van der Waals surface area contributed by atoms with Gasteiger partial charge in [0, 0.05) is 18.8 Å². The molecule has 3 aromatic carbocycles. The van der Waals surface area contributed by atoms with Crippen molar-refractivity contribution in [3.8, 4) is 0 Å². The molecule has 1 fully saturated rings. The highest BCUT2D eigenvalue weighted by Crippen LogP contribution is 2.25. The van der Waals surface area contributed by atoms with E-state index in [1.165, 1.54) is 23.4 Å². The maximum atomic E-state index is 13.0. The van der Waals surface area contributed by atoms with Crippen LogP contribution in [-0.2, 0) is 16.1 Å². The van der Waals surface area contributed by atoms with Gasteiger partial charge in [0.05, 0.1) is 18.6 Å². The number of hydrogen-bond donors (Lipinski definition) is 1. The number of esters is 1. The van der Waals surface area contributed by atoms with Gasteiger partial charge in [-0.05, 0) is 60.3 Å². The molecular weight excluding hydrogens is 388 g/mol. The van der Waals surface area contributed by atoms with Gasteiger partial charge in [-0.3, -0.25) is 9.69 Å². The van der Waals surface area contributed by atoms with Crippen LogP contribution in [0.25, 0.3) is 10.8 Å². The molecular formula is C26H28N2O3. The molecule has 0 radical (unpaired) electrons. The Kier molecular flexibility index (Phi) is 6.33. The zero-order valence-corrected chi connectivity index (χ0v) is 18.1. The summed E-state index contributed by atoms with van der Waals surface area (Å²) in [6, 6.07) is 20.1. The number of carbonyl (C=O) groups excluding carboxylic acids is 2. The van der Waals surface area contributed by atoms with Crippen LogP contribution in [0, 0.1) is 12.8 Å². The van der Waals surface area contributed by atoms with Gasteiger partial charge in [-0.15, -0.1) is 0 Å². The lowest BCUT2D eigenvalue weighted by Gasteiger charge is -2.32. The van der Waals surface area contributed by atoms with Crippen LogP contribution in [0.1, 0.15) is 34.3 Å². The molecule has 31 heavy (non-hydrogen) atoms. The summed E-state index contributed by atoms with van der Waals surface area (Å²) in [6.45, 7) is 4.38. The topological polar surface area (TPSA) is 58.6 Å². The average Bonchev–Trinajstić information content (AvgIpc) is 2.80. The molecule has 1 aliphatic heterocycles. The molecule has 1 amide bonds. The van der Waals surface area contributed by atoms with E-state index in [4.69, 9.17) is 4.74 Å². The molecule has 4 rings (SSSR count). The van der Waals surface area contributed by atoms with E-state index in [9.17, 15) is 9.59 Å². The molecule has 5 heteroatoms. The number of carbonyl (C=O) groups is 2. The number of piperidine rings is 1. The van der Waals surface area contributed by atoms with Gasteiger partial charge in [0.15, 0.2) is 0 Å². The number of nitrogens with zero attached hydrogens (tertiary/aromatic N) is 1. The van der Waals surface area contributed by atoms with Crippen molar-refractivity contribution in [2.24, 2.45) is 5.92 Å². The average molecular weight is 417 g/mol. The molecule has 1 unspecified atom stereocenters. The number of likely N-dealkylation sites (tertiary alicyclic amines) is 1. The lowest BCUT2D eigenvalue weighted by atomic mass is 9.95. The Morgan fingerprint density at radius 3 is 2.68 bits per heavy atom. The van der Waals surface area contributed by atoms with E-state index >= 15 is 0 Å². The number of ether oxygens (including phenoxy) is 1. The summed E-state index contributed by atoms with van der Waals surface area (Å²) in [7, 11) is 1.36. The standard InChI is InChI=1S/C26H28N2O3/c1-18-22(26(30)31-2)13-6-14-24(18)27-25(29)21-11-7-15-28(17-21)16-20-10-5-9-19-8-3-4-12-23(19)20/h3-6,8-10,12-14,21H,7,11,15-17H2,1-2H3,(H,27,29). The minimum atomic E-state index is -0.396. The van der Waals surface area contributed by atoms with Gasteiger partial charge in [-0.2, -0.15) is 0 Å². The Hall–Kier alpha value is -3.18. The summed E-state index contributed by atoms with van der Waals surface area (Å²) < 4.78 is 4.84. The van der Waals surface area contributed by atoms with Gasteiger partial charge in [-0.25, -0.2) is 4.79 Å². The molecule has 0 aliphatic carbocycles. The number of methoxy groups -OCH3 is 1. The predicted octanol–water partition coefficient (Wildman–Crippen LogP) is 4.79. The normalized spacial score (nSPS) is 16.8. The van der Waals surface area contributed by atoms with Crippen molar-refractivity contribution in [2.75, 3.05) is 25.5 Å². The van der Waals surface area contributed by atoms with Crippen LogP contribution in [0.3, 0.4) is 0 Å². The molecule has 3 aromatic rings. The van der Waals surface area contributed by atoms with Crippen molar-refractivity contribution < 1.29 is 14.3 Å². The molecule has 0 saturated carbocycles. The van der Waals surface area contributed by atoms with E-state index in [1.807, 2.05) is 13.0 Å². The zero-order valence-electron chi connectivity index (χ0n) is 18.1. The molecule has 0 aromatic heterocycles. The molecule has 0 spiro atoms. The molecule has 1 N–H and O–H groups in total. The second-order valence-corrected chi connectivity index (χ2v) is 8.17. The highest BCUT2D eigenvalue weighted by molar-refractivity contribution is 5.97. The molecule has 0 bridgehead atoms. The van der Waals surface area contributed by atoms with E-state index in [0.717, 1.165) is 38.0 Å². The maximum absolute atomic E-state index is 13.0. The highest BCUT2D eigenvalue weighted by Gasteiger charge is 2.27. The smallest absolute Gasteiger partial charge is 0.338 e. The largest absolute Gasteiger partial charge is 0.465 e. The van der Waals surface area contributed by atoms with E-state index in [2.05, 4.69) is 52.7 Å². The van der Waals surface area contributed by atoms with Gasteiger partial charge in [-0.1, -0.05) is 48.5 Å². The zero-order chi connectivity index (χ0) is 21.8. The Bertz CT molecular complexity index is 1100. The molecule has 1 heterocycles. The first-order valence-corrected chi connectivity index (χ1v) is 10.7. The van der Waals surface area contributed by atoms with Crippen molar-refractivity contribution >= 4 is 28.3 Å². The van der Waals surface area contributed by atoms with Crippen molar-refractivity contribution in [3.63, 3.8) is 0 Å². The van der Waals surface area contributed by atoms with E-state index in [1.54, 1.807) is 12.1 Å². The summed E-state index contributed by atoms with van der Waals surface area (Å²) >= 11 is 0. The Balaban J connectivity index is 1.45. The van der Waals surface area contributed by atoms with Crippen LogP contribution < -0.4 is 5.32 Å². The Labute approximate surface area is 183 Å². The lowest BCUT2D eigenvalue weighted by molar-refractivity contribution is -0.121. The van der Waals surface area contributed by atoms with Gasteiger partial charge in [0.1, 0.15) is 0 Å². The first-order valence-electron chi connectivity index (χ1n) is 10.7. The summed E-state index contributed by atoms with van der Waals surface area (Å²) in [5, 5.41) is 5.55. The monoisotopic (exact) mass is 416 g/mol. The van der Waals surface area contributed by atoms with Crippen molar-refractivity contribution in [3.05, 3.63) is 77.4 Å². The third-order valence-corrected chi connectivity index (χ3v) is 6.15. The third kappa shape index (κ3) is 4.62. The minimum Gasteiger partial charge on any atom is -0.465 e. The first kappa shape index (κ1) is 21.1. The lowest BCUT2D eigenvalue weighted by Crippen LogP contribution is -2.40. The summed E-state index contributed by atoms with van der Waals surface area (Å²) in [5.41, 5.74) is 3.16. The van der Waals surface area contributed by atoms with Crippen LogP contribution in [0.15, 0.2) is 60.7 Å². The van der Waals surface area contributed by atoms with Gasteiger partial charge < -0.3 is 10.1 Å². The number of rotatable bonds is 5. The highest BCUT2D eigenvalue weighted by atomic mass is 16.5. The van der Waals surface area contributed by atoms with Crippen LogP contribution in [0.2, 0.25) is 0 Å². The van der Waals surface area contributed by atoms with E-state index < -0.39 is 5.97 Å². The molecule has 160 valence electrons. The maximum Gasteiger partial charge on any atom is 0.338 e. The summed E-state index contributed by atoms with van der Waals surface area (Å²) in [4.78, 5) is 27.3. The van der Waals surface area contributed by atoms with E-state index in [0.29, 0.717) is 11.3 Å². The van der Waals surface area contributed by atoms with Crippen LogP contribution >= 0.6 is 0 Å². The number of hydrogen-bond acceptors (Lipinski definition) is 4. The Morgan fingerprint density at radius 2 is 1.84 bits per heavy atom. The Morgan fingerprint density at radius 1 is 1.06 bits per heavy atom. The fraction of sp³-hybridized carbons (Fsp3) is 0.308. The van der Waals surface area contributed by atoms with Crippen molar-refractivity contribution in [1.82, 2.24) is 4.90 Å². The predicted molar refractivity (Wildman–Crippen MR) is 123 cm³/mol. The number of benzene rings is 3. The number of anilines is 1. The third-order valence-electron chi connectivity index (χ3n) is 6.15. The summed E-state index contributed by atoms with van der Waals surface area (Å²) in [5.74, 6) is -0.467. The fourth-order valence-electron chi connectivity index (χ4n) is 4.42.